The van der Waals surface area contributed by atoms with Crippen molar-refractivity contribution in [3.05, 3.63) is 167 Å². The van der Waals surface area contributed by atoms with E-state index in [1.54, 1.807) is 11.8 Å². The van der Waals surface area contributed by atoms with E-state index in [9.17, 15) is 9.59 Å². The molecule has 1 amide bonds. The number of amides is 1. The van der Waals surface area contributed by atoms with Crippen molar-refractivity contribution >= 4 is 23.8 Å². The summed E-state index contributed by atoms with van der Waals surface area (Å²) in [6.07, 6.45) is -0.659. The Morgan fingerprint density at radius 3 is 1.53 bits per heavy atom. The molecular weight excluding hydrogens is 603 g/mol. The van der Waals surface area contributed by atoms with E-state index in [-0.39, 0.29) is 18.3 Å². The fourth-order valence-electron chi connectivity index (χ4n) is 6.30. The molecule has 1 aliphatic rings. The third kappa shape index (κ3) is 6.98. The Morgan fingerprint density at radius 2 is 1.09 bits per heavy atom. The summed E-state index contributed by atoms with van der Waals surface area (Å²) in [7, 11) is 0. The maximum atomic E-state index is 13.7. The summed E-state index contributed by atoms with van der Waals surface area (Å²) in [5.74, 6) is -0.372. The van der Waals surface area contributed by atoms with Gasteiger partial charge in [0, 0.05) is 11.7 Å². The van der Waals surface area contributed by atoms with Gasteiger partial charge in [-0.1, -0.05) is 140 Å². The Kier molecular flexibility index (Phi) is 9.50. The van der Waals surface area contributed by atoms with Gasteiger partial charge in [-0.3, -0.25) is 0 Å². The molecule has 0 saturated carbocycles. The number of fused-ring (bicyclic) bond motifs is 3. The third-order valence-electron chi connectivity index (χ3n) is 8.33. The predicted molar refractivity (Wildman–Crippen MR) is 190 cm³/mol. The van der Waals surface area contributed by atoms with Crippen LogP contribution in [-0.4, -0.2) is 36.1 Å². The number of hydrogen-bond acceptors (Lipinski definition) is 5. The van der Waals surface area contributed by atoms with Crippen molar-refractivity contribution in [1.82, 2.24) is 5.32 Å². The van der Waals surface area contributed by atoms with Crippen molar-refractivity contribution in [2.24, 2.45) is 0 Å². The van der Waals surface area contributed by atoms with Crippen molar-refractivity contribution < 1.29 is 19.1 Å². The summed E-state index contributed by atoms with van der Waals surface area (Å²) in [6.45, 7) is 5.62. The zero-order valence-corrected chi connectivity index (χ0v) is 27.7. The maximum absolute atomic E-state index is 13.7. The molecule has 0 bridgehead atoms. The van der Waals surface area contributed by atoms with Crippen LogP contribution in [0.25, 0.3) is 11.1 Å². The van der Waals surface area contributed by atoms with E-state index in [0.717, 1.165) is 38.9 Å². The first-order valence-corrected chi connectivity index (χ1v) is 16.9. The number of rotatable bonds is 10. The lowest BCUT2D eigenvalue weighted by Crippen LogP contribution is -2.47. The molecule has 0 aromatic heterocycles. The zero-order valence-electron chi connectivity index (χ0n) is 26.9. The SMILES string of the molecule is CC(C)(C)OC(=O)[C@H](CSC(c1ccccc1)(c1ccccc1)c1ccccc1)NC(=O)OCC1c2ccccc2-c2ccccc21. The van der Waals surface area contributed by atoms with Crippen molar-refractivity contribution in [3.8, 4) is 11.1 Å². The first-order chi connectivity index (χ1) is 22.8. The van der Waals surface area contributed by atoms with Crippen molar-refractivity contribution in [2.45, 2.75) is 43.1 Å². The Balaban J connectivity index is 1.28. The number of ether oxygens (including phenoxy) is 2. The molecular formula is C41H39NO4S. The van der Waals surface area contributed by atoms with Crippen LogP contribution in [-0.2, 0) is 19.0 Å². The molecule has 5 aromatic rings. The Bertz CT molecular complexity index is 1680. The van der Waals surface area contributed by atoms with Gasteiger partial charge in [0.1, 0.15) is 18.2 Å². The van der Waals surface area contributed by atoms with Crippen molar-refractivity contribution in [2.75, 3.05) is 12.4 Å². The smallest absolute Gasteiger partial charge is 0.407 e. The van der Waals surface area contributed by atoms with Crippen LogP contribution in [0.1, 0.15) is 54.5 Å². The number of alkyl carbamates (subject to hydrolysis) is 1. The van der Waals surface area contributed by atoms with Gasteiger partial charge in [0.25, 0.3) is 0 Å². The number of benzene rings is 5. The predicted octanol–water partition coefficient (Wildman–Crippen LogP) is 8.96. The number of nitrogens with one attached hydrogen (secondary N) is 1. The minimum Gasteiger partial charge on any atom is -0.458 e. The summed E-state index contributed by atoms with van der Waals surface area (Å²) in [6, 6.07) is 46.2. The van der Waals surface area contributed by atoms with Crippen molar-refractivity contribution in [1.29, 1.82) is 0 Å². The quantitative estimate of drug-likeness (QED) is 0.122. The molecule has 0 unspecified atom stereocenters. The number of esters is 1. The van der Waals surface area contributed by atoms with E-state index in [1.807, 2.05) is 99.6 Å². The van der Waals surface area contributed by atoms with E-state index < -0.39 is 28.5 Å². The summed E-state index contributed by atoms with van der Waals surface area (Å²) in [4.78, 5) is 27.2. The summed E-state index contributed by atoms with van der Waals surface area (Å²) in [5.41, 5.74) is 7.00. The van der Waals surface area contributed by atoms with E-state index in [1.165, 1.54) is 0 Å². The fourth-order valence-corrected chi connectivity index (χ4v) is 7.85. The van der Waals surface area contributed by atoms with Gasteiger partial charge in [-0.15, -0.1) is 11.8 Å². The van der Waals surface area contributed by atoms with Gasteiger partial charge in [-0.05, 0) is 59.7 Å². The molecule has 1 aliphatic carbocycles. The van der Waals surface area contributed by atoms with Gasteiger partial charge >= 0.3 is 12.1 Å². The molecule has 0 saturated heterocycles. The monoisotopic (exact) mass is 641 g/mol. The van der Waals surface area contributed by atoms with Crippen LogP contribution in [0.4, 0.5) is 4.79 Å². The van der Waals surface area contributed by atoms with E-state index in [2.05, 4.69) is 66.0 Å². The fraction of sp³-hybridized carbons (Fsp3) is 0.220. The Morgan fingerprint density at radius 1 is 0.660 bits per heavy atom. The molecule has 0 radical (unpaired) electrons. The normalized spacial score (nSPS) is 13.3. The van der Waals surface area contributed by atoms with Crippen LogP contribution in [0.15, 0.2) is 140 Å². The van der Waals surface area contributed by atoms with Crippen LogP contribution >= 0.6 is 11.8 Å². The molecule has 5 aromatic carbocycles. The third-order valence-corrected chi connectivity index (χ3v) is 9.97. The van der Waals surface area contributed by atoms with Crippen LogP contribution < -0.4 is 5.32 Å². The van der Waals surface area contributed by atoms with Crippen LogP contribution in [0, 0.1) is 0 Å². The highest BCUT2D eigenvalue weighted by Gasteiger charge is 2.39. The van der Waals surface area contributed by atoms with Gasteiger partial charge in [-0.2, -0.15) is 0 Å². The maximum Gasteiger partial charge on any atom is 0.407 e. The molecule has 1 N–H and O–H groups in total. The first kappa shape index (κ1) is 32.1. The molecule has 0 spiro atoms. The molecule has 0 heterocycles. The number of hydrogen-bond donors (Lipinski definition) is 1. The first-order valence-electron chi connectivity index (χ1n) is 15.9. The lowest BCUT2D eigenvalue weighted by atomic mass is 9.84. The van der Waals surface area contributed by atoms with Crippen LogP contribution in [0.2, 0.25) is 0 Å². The van der Waals surface area contributed by atoms with Gasteiger partial charge in [-0.25, -0.2) is 9.59 Å². The number of carbonyl (C=O) groups excluding carboxylic acids is 2. The molecule has 1 atom stereocenters. The highest BCUT2D eigenvalue weighted by atomic mass is 32.2. The average molecular weight is 642 g/mol. The summed E-state index contributed by atoms with van der Waals surface area (Å²) in [5, 5.41) is 2.88. The topological polar surface area (TPSA) is 64.6 Å². The zero-order chi connectivity index (χ0) is 32.9. The molecule has 0 aliphatic heterocycles. The minimum atomic E-state index is -0.967. The van der Waals surface area contributed by atoms with E-state index >= 15 is 0 Å². The lowest BCUT2D eigenvalue weighted by Gasteiger charge is -2.36. The number of carbonyl (C=O) groups is 2. The molecule has 47 heavy (non-hydrogen) atoms. The van der Waals surface area contributed by atoms with Crippen molar-refractivity contribution in [3.63, 3.8) is 0 Å². The van der Waals surface area contributed by atoms with Gasteiger partial charge < -0.3 is 14.8 Å². The summed E-state index contributed by atoms with van der Waals surface area (Å²) >= 11 is 1.59. The highest BCUT2D eigenvalue weighted by Crippen LogP contribution is 2.49. The van der Waals surface area contributed by atoms with E-state index in [4.69, 9.17) is 9.47 Å². The van der Waals surface area contributed by atoms with Crippen LogP contribution in [0.3, 0.4) is 0 Å². The second-order valence-corrected chi connectivity index (χ2v) is 13.9. The molecule has 0 fully saturated rings. The van der Waals surface area contributed by atoms with Gasteiger partial charge in [0.05, 0.1) is 4.75 Å². The standard InChI is InChI=1S/C41H39NO4S/c1-40(2,3)46-38(43)37(42-39(44)45-27-36-34-25-15-13-23-32(34)33-24-14-16-26-35(33)36)28-47-41(29-17-7-4-8-18-29,30-19-9-5-10-20-30)31-21-11-6-12-22-31/h4-26,36-37H,27-28H2,1-3H3,(H,42,44)/t37-/m0/s1. The largest absolute Gasteiger partial charge is 0.458 e. The highest BCUT2D eigenvalue weighted by molar-refractivity contribution is 8.00. The molecule has 5 nitrogen and oxygen atoms in total. The second kappa shape index (κ2) is 13.9. The summed E-state index contributed by atoms with van der Waals surface area (Å²) < 4.78 is 11.0. The minimum absolute atomic E-state index is 0.0932. The van der Waals surface area contributed by atoms with Crippen LogP contribution in [0.5, 0.6) is 0 Å². The lowest BCUT2D eigenvalue weighted by molar-refractivity contribution is -0.156. The average Bonchev–Trinajstić information content (AvgIpc) is 3.41. The van der Waals surface area contributed by atoms with Gasteiger partial charge in [0.2, 0.25) is 0 Å². The molecule has 238 valence electrons. The number of thioether (sulfide) groups is 1. The Labute approximate surface area is 281 Å². The Hall–Kier alpha value is -4.81. The van der Waals surface area contributed by atoms with Gasteiger partial charge in [0.15, 0.2) is 0 Å². The molecule has 6 rings (SSSR count). The second-order valence-electron chi connectivity index (χ2n) is 12.6. The van der Waals surface area contributed by atoms with E-state index in [0.29, 0.717) is 0 Å². The molecule has 6 heteroatoms.